The number of nitrogens with zero attached hydrogens (tertiary/aromatic N) is 1. The van der Waals surface area contributed by atoms with Crippen LogP contribution in [0.4, 0.5) is 0 Å². The molecule has 116 valence electrons. The van der Waals surface area contributed by atoms with E-state index in [1.807, 2.05) is 0 Å². The maximum Gasteiger partial charge on any atom is 0.328 e. The van der Waals surface area contributed by atoms with Gasteiger partial charge < -0.3 is 9.84 Å². The number of methoxy groups -OCH3 is 1. The minimum atomic E-state index is -3.53. The Bertz CT molecular complexity index is 592. The van der Waals surface area contributed by atoms with Crippen molar-refractivity contribution in [3.8, 4) is 0 Å². The molecule has 7 heteroatoms. The van der Waals surface area contributed by atoms with Gasteiger partial charge in [0.15, 0.2) is 0 Å². The molecule has 0 saturated carbocycles. The zero-order valence-corrected chi connectivity index (χ0v) is 12.8. The number of ether oxygens (including phenoxy) is 1. The molecule has 0 amide bonds. The lowest BCUT2D eigenvalue weighted by atomic mass is 10.2. The molecule has 0 aliphatic carbocycles. The molecule has 0 unspecified atom stereocenters. The van der Waals surface area contributed by atoms with Crippen LogP contribution in [0.3, 0.4) is 0 Å². The molecule has 1 rings (SSSR count). The van der Waals surface area contributed by atoms with E-state index in [-0.39, 0.29) is 4.90 Å². The van der Waals surface area contributed by atoms with Gasteiger partial charge in [0.1, 0.15) is 0 Å². The monoisotopic (exact) mass is 313 g/mol. The second kappa shape index (κ2) is 7.92. The van der Waals surface area contributed by atoms with Crippen LogP contribution < -0.4 is 0 Å². The van der Waals surface area contributed by atoms with Gasteiger partial charge in [0.25, 0.3) is 0 Å². The van der Waals surface area contributed by atoms with Crippen molar-refractivity contribution in [1.29, 1.82) is 0 Å². The Morgan fingerprint density at radius 3 is 2.48 bits per heavy atom. The molecule has 0 aliphatic heterocycles. The van der Waals surface area contributed by atoms with Crippen molar-refractivity contribution in [2.24, 2.45) is 0 Å². The third-order valence-electron chi connectivity index (χ3n) is 2.83. The molecule has 0 fully saturated rings. The third-order valence-corrected chi connectivity index (χ3v) is 4.70. The molecule has 1 N–H and O–H groups in total. The molecule has 1 aromatic carbocycles. The van der Waals surface area contributed by atoms with Crippen LogP contribution in [0.1, 0.15) is 12.0 Å². The average Bonchev–Trinajstić information content (AvgIpc) is 2.45. The highest BCUT2D eigenvalue weighted by atomic mass is 32.2. The molecule has 0 bridgehead atoms. The Kier molecular flexibility index (Phi) is 6.54. The van der Waals surface area contributed by atoms with Gasteiger partial charge in [0.05, 0.1) is 4.90 Å². The molecule has 21 heavy (non-hydrogen) atoms. The first-order chi connectivity index (χ1) is 9.87. The lowest BCUT2D eigenvalue weighted by Gasteiger charge is -2.17. The third kappa shape index (κ3) is 5.30. The Morgan fingerprint density at radius 1 is 1.33 bits per heavy atom. The molecule has 0 saturated heterocycles. The lowest BCUT2D eigenvalue weighted by molar-refractivity contribution is -0.131. The van der Waals surface area contributed by atoms with Crippen LogP contribution in [0.5, 0.6) is 0 Å². The van der Waals surface area contributed by atoms with Crippen LogP contribution >= 0.6 is 0 Å². The summed E-state index contributed by atoms with van der Waals surface area (Å²) in [6.45, 7) is 0.871. The minimum absolute atomic E-state index is 0.176. The van der Waals surface area contributed by atoms with E-state index in [9.17, 15) is 13.2 Å². The van der Waals surface area contributed by atoms with E-state index < -0.39 is 16.0 Å². The Balaban J connectivity index is 2.82. The molecule has 0 aliphatic rings. The fourth-order valence-corrected chi connectivity index (χ4v) is 2.86. The van der Waals surface area contributed by atoms with Crippen molar-refractivity contribution in [1.82, 2.24) is 4.31 Å². The SMILES string of the molecule is COCCCN(C)S(=O)(=O)c1ccc(C=CC(=O)O)cc1. The second-order valence-corrected chi connectivity index (χ2v) is 6.46. The zero-order chi connectivity index (χ0) is 15.9. The molecular weight excluding hydrogens is 294 g/mol. The summed E-state index contributed by atoms with van der Waals surface area (Å²) in [4.78, 5) is 10.6. The highest BCUT2D eigenvalue weighted by molar-refractivity contribution is 7.89. The average molecular weight is 313 g/mol. The highest BCUT2D eigenvalue weighted by Crippen LogP contribution is 2.16. The highest BCUT2D eigenvalue weighted by Gasteiger charge is 2.19. The molecule has 6 nitrogen and oxygen atoms in total. The summed E-state index contributed by atoms with van der Waals surface area (Å²) in [5.41, 5.74) is 0.624. The standard InChI is InChI=1S/C14H19NO5S/c1-15(10-3-11-20-2)21(18,19)13-7-4-12(5-8-13)6-9-14(16)17/h4-9H,3,10-11H2,1-2H3,(H,16,17). The molecule has 0 radical (unpaired) electrons. The van der Waals surface area contributed by atoms with E-state index >= 15 is 0 Å². The van der Waals surface area contributed by atoms with Crippen LogP contribution in [0, 0.1) is 0 Å². The summed E-state index contributed by atoms with van der Waals surface area (Å²) >= 11 is 0. The topological polar surface area (TPSA) is 83.9 Å². The number of carbonyl (C=O) groups is 1. The van der Waals surface area contributed by atoms with E-state index in [0.29, 0.717) is 25.1 Å². The molecule has 0 atom stereocenters. The number of rotatable bonds is 8. The van der Waals surface area contributed by atoms with E-state index in [1.54, 1.807) is 19.2 Å². The second-order valence-electron chi connectivity index (χ2n) is 4.41. The molecular formula is C14H19NO5S. The lowest BCUT2D eigenvalue weighted by Crippen LogP contribution is -2.28. The smallest absolute Gasteiger partial charge is 0.328 e. The number of carboxylic acids is 1. The first-order valence-corrected chi connectivity index (χ1v) is 7.78. The predicted molar refractivity (Wildman–Crippen MR) is 79.4 cm³/mol. The Labute approximate surface area is 124 Å². The quantitative estimate of drug-likeness (QED) is 0.580. The summed E-state index contributed by atoms with van der Waals surface area (Å²) < 4.78 is 30.7. The summed E-state index contributed by atoms with van der Waals surface area (Å²) in [6.07, 6.45) is 3.02. The van der Waals surface area contributed by atoms with E-state index in [4.69, 9.17) is 9.84 Å². The van der Waals surface area contributed by atoms with Crippen molar-refractivity contribution in [2.45, 2.75) is 11.3 Å². The zero-order valence-electron chi connectivity index (χ0n) is 12.0. The van der Waals surface area contributed by atoms with Crippen molar-refractivity contribution in [3.63, 3.8) is 0 Å². The largest absolute Gasteiger partial charge is 0.478 e. The van der Waals surface area contributed by atoms with Gasteiger partial charge in [-0.2, -0.15) is 0 Å². The maximum absolute atomic E-state index is 12.3. The number of benzene rings is 1. The molecule has 0 heterocycles. The Morgan fingerprint density at radius 2 is 1.95 bits per heavy atom. The van der Waals surface area contributed by atoms with Gasteiger partial charge in [-0.25, -0.2) is 17.5 Å². The van der Waals surface area contributed by atoms with Crippen LogP contribution in [0.2, 0.25) is 0 Å². The van der Waals surface area contributed by atoms with Crippen LogP contribution in [0.25, 0.3) is 6.08 Å². The van der Waals surface area contributed by atoms with Gasteiger partial charge in [-0.05, 0) is 30.2 Å². The van der Waals surface area contributed by atoms with Crippen molar-refractivity contribution >= 4 is 22.1 Å². The Hall–Kier alpha value is -1.70. The van der Waals surface area contributed by atoms with Crippen molar-refractivity contribution in [3.05, 3.63) is 35.9 Å². The van der Waals surface area contributed by atoms with Crippen LogP contribution in [0.15, 0.2) is 35.2 Å². The van der Waals surface area contributed by atoms with E-state index in [2.05, 4.69) is 0 Å². The predicted octanol–water partition coefficient (Wildman–Crippen LogP) is 1.44. The summed E-state index contributed by atoms with van der Waals surface area (Å²) in [5.74, 6) is -1.05. The van der Waals surface area contributed by atoms with Crippen molar-refractivity contribution in [2.75, 3.05) is 27.3 Å². The van der Waals surface area contributed by atoms with Crippen LogP contribution in [-0.2, 0) is 19.6 Å². The minimum Gasteiger partial charge on any atom is -0.478 e. The van der Waals surface area contributed by atoms with E-state index in [0.717, 1.165) is 6.08 Å². The normalized spacial score (nSPS) is 12.1. The van der Waals surface area contributed by atoms with Gasteiger partial charge >= 0.3 is 5.97 Å². The number of hydrogen-bond acceptors (Lipinski definition) is 4. The molecule has 0 aromatic heterocycles. The maximum atomic E-state index is 12.3. The van der Waals surface area contributed by atoms with Gasteiger partial charge in [-0.15, -0.1) is 0 Å². The van der Waals surface area contributed by atoms with Gasteiger partial charge in [-0.1, -0.05) is 12.1 Å². The molecule has 1 aromatic rings. The first-order valence-electron chi connectivity index (χ1n) is 6.34. The fourth-order valence-electron chi connectivity index (χ4n) is 1.65. The fraction of sp³-hybridized carbons (Fsp3) is 0.357. The van der Waals surface area contributed by atoms with Crippen LogP contribution in [-0.4, -0.2) is 51.1 Å². The number of carboxylic acid groups (broad SMARTS) is 1. The summed E-state index contributed by atoms with van der Waals surface area (Å²) in [7, 11) is -0.446. The van der Waals surface area contributed by atoms with E-state index in [1.165, 1.54) is 29.6 Å². The summed E-state index contributed by atoms with van der Waals surface area (Å²) in [5, 5.41) is 8.53. The summed E-state index contributed by atoms with van der Waals surface area (Å²) in [6, 6.07) is 6.05. The number of sulfonamides is 1. The van der Waals surface area contributed by atoms with Gasteiger partial charge in [-0.3, -0.25) is 0 Å². The van der Waals surface area contributed by atoms with Crippen molar-refractivity contribution < 1.29 is 23.1 Å². The number of aliphatic carboxylic acids is 1. The van der Waals surface area contributed by atoms with Gasteiger partial charge in [0.2, 0.25) is 10.0 Å². The number of hydrogen-bond donors (Lipinski definition) is 1. The molecule has 0 spiro atoms. The van der Waals surface area contributed by atoms with Gasteiger partial charge in [0, 0.05) is 33.4 Å². The first kappa shape index (κ1) is 17.4.